The van der Waals surface area contributed by atoms with E-state index in [1.165, 1.54) is 0 Å². The van der Waals surface area contributed by atoms with Crippen molar-refractivity contribution in [3.05, 3.63) is 0 Å². The second kappa shape index (κ2) is 8.69. The SMILES string of the molecule is O=P([O-])([O-])[O-].O=P[O-].[Mn]. The summed E-state index contributed by atoms with van der Waals surface area (Å²) in [6.07, 6.45) is 0. The van der Waals surface area contributed by atoms with Crippen LogP contribution in [0.3, 0.4) is 0 Å². The molecule has 0 bridgehead atoms. The molecule has 6 nitrogen and oxygen atoms in total. The fraction of sp³-hybridized carbons (Fsp3) is 0. The van der Waals surface area contributed by atoms with Gasteiger partial charge in [0, 0.05) is 17.1 Å². The molecule has 1 radical (unpaired) electrons. The van der Waals surface area contributed by atoms with Crippen molar-refractivity contribution in [3.8, 4) is 0 Å². The molecule has 0 N–H and O–H groups in total. The summed E-state index contributed by atoms with van der Waals surface area (Å²) in [4.78, 5) is 34.0. The van der Waals surface area contributed by atoms with E-state index in [9.17, 15) is 0 Å². The summed E-state index contributed by atoms with van der Waals surface area (Å²) in [5.41, 5.74) is 0. The molecule has 0 saturated carbocycles. The third kappa shape index (κ3) is 818. The minimum Gasteiger partial charge on any atom is -0.822 e. The van der Waals surface area contributed by atoms with E-state index in [4.69, 9.17) is 28.7 Å². The first-order valence-electron chi connectivity index (χ1n) is 1.10. The molecule has 0 aliphatic carbocycles. The van der Waals surface area contributed by atoms with Crippen molar-refractivity contribution in [1.82, 2.24) is 0 Å². The van der Waals surface area contributed by atoms with Gasteiger partial charge in [0.25, 0.3) is 0 Å². The smallest absolute Gasteiger partial charge is 0.0642 e. The van der Waals surface area contributed by atoms with Gasteiger partial charge < -0.3 is 24.1 Å². The van der Waals surface area contributed by atoms with Gasteiger partial charge in [-0.15, -0.1) is 0 Å². The van der Waals surface area contributed by atoms with E-state index in [2.05, 4.69) is 0 Å². The van der Waals surface area contributed by atoms with E-state index in [1.807, 2.05) is 0 Å². The van der Waals surface area contributed by atoms with Gasteiger partial charge in [0.15, 0.2) is 0 Å². The fourth-order valence-corrected chi connectivity index (χ4v) is 0. The van der Waals surface area contributed by atoms with Crippen LogP contribution in [0.5, 0.6) is 0 Å². The molecule has 0 saturated heterocycles. The first-order chi connectivity index (χ1) is 3.41. The Morgan fingerprint density at radius 3 is 1.22 bits per heavy atom. The van der Waals surface area contributed by atoms with Crippen molar-refractivity contribution in [2.75, 3.05) is 0 Å². The van der Waals surface area contributed by atoms with Gasteiger partial charge >= 0.3 is 0 Å². The molecule has 0 amide bonds. The van der Waals surface area contributed by atoms with Gasteiger partial charge in [0.1, 0.15) is 0 Å². The molecule has 9 heteroatoms. The zero-order valence-electron chi connectivity index (χ0n) is 3.72. The summed E-state index contributed by atoms with van der Waals surface area (Å²) in [6.45, 7) is 0. The van der Waals surface area contributed by atoms with Gasteiger partial charge in [0.05, 0.1) is 8.69 Å². The summed E-state index contributed by atoms with van der Waals surface area (Å²) in [5.74, 6) is 0. The molecule has 0 atom stereocenters. The standard InChI is InChI=1S/Mn.H3O4P.HO2P/c;1-5(2,3)4;1-3-2/h;(H3,1,2,3,4);(H,1,2)/p-4. The maximum absolute atomic E-state index is 8.55. The Bertz CT molecular complexity index is 85.0. The van der Waals surface area contributed by atoms with E-state index in [0.717, 1.165) is 0 Å². The van der Waals surface area contributed by atoms with E-state index in [0.29, 0.717) is 0 Å². The number of phosphoric acid groups is 1. The summed E-state index contributed by atoms with van der Waals surface area (Å²) in [7, 11) is -6.47. The largest absolute Gasteiger partial charge is 0.822 e. The number of hydrogen-bond donors (Lipinski definition) is 0. The van der Waals surface area contributed by atoms with E-state index < -0.39 is 16.5 Å². The number of rotatable bonds is 0. The Balaban J connectivity index is -0.0000000800. The van der Waals surface area contributed by atoms with Crippen LogP contribution in [0.1, 0.15) is 0 Å². The van der Waals surface area contributed by atoms with E-state index in [-0.39, 0.29) is 17.1 Å². The third-order valence-corrected chi connectivity index (χ3v) is 0. The molecule has 0 unspecified atom stereocenters. The summed E-state index contributed by atoms with van der Waals surface area (Å²) in [6, 6.07) is 0. The van der Waals surface area contributed by atoms with Crippen molar-refractivity contribution in [3.63, 3.8) is 0 Å². The number of hydrogen-bond acceptors (Lipinski definition) is 6. The molecule has 0 fully saturated rings. The van der Waals surface area contributed by atoms with Crippen LogP contribution in [0.4, 0.5) is 0 Å². The molecule has 0 aliphatic heterocycles. The topological polar surface area (TPSA) is 126 Å². The van der Waals surface area contributed by atoms with Crippen LogP contribution < -0.4 is 19.6 Å². The minimum absolute atomic E-state index is 0. The molecule has 0 heterocycles. The van der Waals surface area contributed by atoms with Crippen molar-refractivity contribution in [2.45, 2.75) is 0 Å². The van der Waals surface area contributed by atoms with Gasteiger partial charge in [-0.1, -0.05) is 0 Å². The second-order valence-corrected chi connectivity index (χ2v) is 1.57. The van der Waals surface area contributed by atoms with Crippen molar-refractivity contribution >= 4 is 16.5 Å². The molecule has 0 rings (SSSR count). The molecule has 0 aromatic carbocycles. The van der Waals surface area contributed by atoms with Crippen LogP contribution in [-0.2, 0) is 26.2 Å². The van der Waals surface area contributed by atoms with Crippen LogP contribution in [0.2, 0.25) is 0 Å². The molecule has 57 valence electrons. The van der Waals surface area contributed by atoms with E-state index in [1.54, 1.807) is 0 Å². The molecule has 9 heavy (non-hydrogen) atoms. The van der Waals surface area contributed by atoms with Crippen LogP contribution in [0.25, 0.3) is 0 Å². The third-order valence-electron chi connectivity index (χ3n) is 0. The van der Waals surface area contributed by atoms with Crippen molar-refractivity contribution in [2.24, 2.45) is 0 Å². The van der Waals surface area contributed by atoms with Crippen molar-refractivity contribution in [1.29, 1.82) is 0 Å². The first-order valence-corrected chi connectivity index (χ1v) is 3.29. The predicted molar refractivity (Wildman–Crippen MR) is 15.2 cm³/mol. The summed E-state index contributed by atoms with van der Waals surface area (Å²) in [5, 5.41) is 0. The van der Waals surface area contributed by atoms with Gasteiger partial charge in [-0.2, -0.15) is 7.82 Å². The van der Waals surface area contributed by atoms with Gasteiger partial charge in [0.2, 0.25) is 0 Å². The average molecular weight is 213 g/mol. The Morgan fingerprint density at radius 1 is 1.22 bits per heavy atom. The maximum Gasteiger partial charge on any atom is 0.0642 e. The Kier molecular flexibility index (Phi) is 15.8. The van der Waals surface area contributed by atoms with Crippen LogP contribution in [0, 0.1) is 0 Å². The first kappa shape index (κ1) is 16.3. The average Bonchev–Trinajstić information content (AvgIpc) is 1.27. The normalized spacial score (nSPS) is 8.89. The van der Waals surface area contributed by atoms with Crippen molar-refractivity contribution < 1.29 is 45.8 Å². The monoisotopic (exact) mass is 213 g/mol. The molecular weight excluding hydrogens is 213 g/mol. The molecular formula is MnO6P2-4. The van der Waals surface area contributed by atoms with Crippen LogP contribution >= 0.6 is 16.5 Å². The van der Waals surface area contributed by atoms with E-state index >= 15 is 0 Å². The fourth-order valence-electron chi connectivity index (χ4n) is 0. The predicted octanol–water partition coefficient (Wildman–Crippen LogP) is -3.27. The summed E-state index contributed by atoms with van der Waals surface area (Å²) >= 11 is 0. The van der Waals surface area contributed by atoms with Gasteiger partial charge in [-0.3, -0.25) is 4.57 Å². The maximum atomic E-state index is 8.55. The Hall–Kier alpha value is 0.689. The van der Waals surface area contributed by atoms with Crippen LogP contribution in [0.15, 0.2) is 0 Å². The van der Waals surface area contributed by atoms with Crippen LogP contribution in [-0.4, -0.2) is 0 Å². The summed E-state index contributed by atoms with van der Waals surface area (Å²) < 4.78 is 16.9. The minimum atomic E-state index is -5.39. The molecule has 0 aromatic rings. The van der Waals surface area contributed by atoms with Gasteiger partial charge in [-0.25, -0.2) is 0 Å². The zero-order valence-corrected chi connectivity index (χ0v) is 6.69. The molecule has 0 aliphatic rings. The zero-order chi connectivity index (χ0) is 7.21. The second-order valence-electron chi connectivity index (χ2n) is 0.522. The van der Waals surface area contributed by atoms with Gasteiger partial charge in [-0.05, 0) is 0 Å². The molecule has 0 aromatic heterocycles. The Morgan fingerprint density at radius 2 is 1.22 bits per heavy atom. The molecule has 0 spiro atoms. The quantitative estimate of drug-likeness (QED) is 0.306. The Labute approximate surface area is 62.9 Å².